The Morgan fingerprint density at radius 3 is 1.97 bits per heavy atom. The van der Waals surface area contributed by atoms with E-state index in [0.717, 1.165) is 24.0 Å². The summed E-state index contributed by atoms with van der Waals surface area (Å²) in [5, 5.41) is 3.02. The van der Waals surface area contributed by atoms with Gasteiger partial charge < -0.3 is 10.2 Å². The number of sulfonamides is 1. The fourth-order valence-electron chi connectivity index (χ4n) is 4.33. The van der Waals surface area contributed by atoms with Crippen LogP contribution in [0.4, 0.5) is 0 Å². The first-order chi connectivity index (χ1) is 18.8. The van der Waals surface area contributed by atoms with E-state index >= 15 is 0 Å². The summed E-state index contributed by atoms with van der Waals surface area (Å²) >= 11 is 0. The Kier molecular flexibility index (Phi) is 11.7. The predicted octanol–water partition coefficient (Wildman–Crippen LogP) is 4.64. The van der Waals surface area contributed by atoms with Crippen LogP contribution in [0, 0.1) is 0 Å². The van der Waals surface area contributed by atoms with Crippen LogP contribution >= 0.6 is 0 Å². The molecule has 208 valence electrons. The van der Waals surface area contributed by atoms with Crippen LogP contribution in [0.1, 0.15) is 43.7 Å². The predicted molar refractivity (Wildman–Crippen MR) is 154 cm³/mol. The lowest BCUT2D eigenvalue weighted by molar-refractivity contribution is -0.141. The third kappa shape index (κ3) is 9.04. The molecule has 0 aliphatic carbocycles. The van der Waals surface area contributed by atoms with Crippen molar-refractivity contribution in [1.82, 2.24) is 14.5 Å². The molecule has 3 rings (SSSR count). The first-order valence-corrected chi connectivity index (χ1v) is 14.9. The first-order valence-electron chi connectivity index (χ1n) is 13.5. The van der Waals surface area contributed by atoms with Gasteiger partial charge in [-0.05, 0) is 36.1 Å². The van der Waals surface area contributed by atoms with Gasteiger partial charge in [-0.15, -0.1) is 0 Å². The Morgan fingerprint density at radius 1 is 0.821 bits per heavy atom. The lowest BCUT2D eigenvalue weighted by Crippen LogP contribution is -2.50. The molecular formula is C31H39N3O4S. The van der Waals surface area contributed by atoms with Gasteiger partial charge in [0.15, 0.2) is 0 Å². The zero-order valence-corrected chi connectivity index (χ0v) is 23.6. The van der Waals surface area contributed by atoms with Crippen LogP contribution < -0.4 is 5.32 Å². The largest absolute Gasteiger partial charge is 0.354 e. The highest BCUT2D eigenvalue weighted by Gasteiger charge is 2.30. The molecule has 3 aromatic carbocycles. The average molecular weight is 550 g/mol. The number of unbranched alkanes of at least 4 members (excludes halogenated alkanes) is 1. The van der Waals surface area contributed by atoms with Gasteiger partial charge in [-0.25, -0.2) is 12.7 Å². The van der Waals surface area contributed by atoms with E-state index in [1.807, 2.05) is 60.7 Å². The molecule has 0 saturated heterocycles. The molecule has 3 aromatic rings. The van der Waals surface area contributed by atoms with E-state index in [2.05, 4.69) is 12.2 Å². The number of hydrogen-bond donors (Lipinski definition) is 1. The van der Waals surface area contributed by atoms with E-state index in [1.165, 1.54) is 11.4 Å². The second-order valence-electron chi connectivity index (χ2n) is 9.60. The maximum atomic E-state index is 13.7. The highest BCUT2D eigenvalue weighted by atomic mass is 32.2. The van der Waals surface area contributed by atoms with Gasteiger partial charge in [0.1, 0.15) is 6.04 Å². The number of carbonyl (C=O) groups is 2. The summed E-state index contributed by atoms with van der Waals surface area (Å²) in [6, 6.07) is 26.9. The van der Waals surface area contributed by atoms with Crippen LogP contribution in [-0.4, -0.2) is 55.6 Å². The van der Waals surface area contributed by atoms with Gasteiger partial charge in [-0.2, -0.15) is 0 Å². The summed E-state index contributed by atoms with van der Waals surface area (Å²) in [6.45, 7) is 3.09. The van der Waals surface area contributed by atoms with Crippen LogP contribution in [0.2, 0.25) is 0 Å². The molecule has 0 aliphatic heterocycles. The number of nitrogens with zero attached hydrogens (tertiary/aromatic N) is 2. The summed E-state index contributed by atoms with van der Waals surface area (Å²) in [5.74, 6) is -0.365. The lowest BCUT2D eigenvalue weighted by atomic mass is 10.0. The number of nitrogens with one attached hydrogen (secondary N) is 1. The smallest absolute Gasteiger partial charge is 0.243 e. The van der Waals surface area contributed by atoms with Crippen molar-refractivity contribution in [3.8, 4) is 0 Å². The van der Waals surface area contributed by atoms with Crippen molar-refractivity contribution in [2.45, 2.75) is 56.5 Å². The van der Waals surface area contributed by atoms with Crippen molar-refractivity contribution in [3.63, 3.8) is 0 Å². The van der Waals surface area contributed by atoms with Crippen LogP contribution in [0.25, 0.3) is 0 Å². The molecule has 1 unspecified atom stereocenters. The Morgan fingerprint density at radius 2 is 1.38 bits per heavy atom. The minimum atomic E-state index is -3.64. The van der Waals surface area contributed by atoms with Crippen molar-refractivity contribution >= 4 is 21.8 Å². The van der Waals surface area contributed by atoms with E-state index in [-0.39, 0.29) is 36.2 Å². The van der Waals surface area contributed by atoms with Gasteiger partial charge >= 0.3 is 0 Å². The zero-order valence-electron chi connectivity index (χ0n) is 22.8. The summed E-state index contributed by atoms with van der Waals surface area (Å²) < 4.78 is 27.0. The fourth-order valence-corrected chi connectivity index (χ4v) is 5.56. The third-order valence-corrected chi connectivity index (χ3v) is 8.48. The van der Waals surface area contributed by atoms with Gasteiger partial charge in [-0.1, -0.05) is 92.2 Å². The standard InChI is InChI=1S/C31H39N3O4S/c1-3-4-22-32-31(36)29(24-26-15-8-5-9-16-26)34(25-27-17-10-6-11-18-27)30(35)21-14-23-33(2)39(37,38)28-19-12-7-13-20-28/h5-13,15-20,29H,3-4,14,21-25H2,1-2H3,(H,32,36). The van der Waals surface area contributed by atoms with Crippen LogP contribution in [-0.2, 0) is 32.6 Å². The van der Waals surface area contributed by atoms with E-state index in [9.17, 15) is 18.0 Å². The van der Waals surface area contributed by atoms with Crippen molar-refractivity contribution < 1.29 is 18.0 Å². The Balaban J connectivity index is 1.78. The highest BCUT2D eigenvalue weighted by molar-refractivity contribution is 7.89. The van der Waals surface area contributed by atoms with E-state index in [4.69, 9.17) is 0 Å². The second-order valence-corrected chi connectivity index (χ2v) is 11.6. The lowest BCUT2D eigenvalue weighted by Gasteiger charge is -2.32. The molecule has 0 aliphatic rings. The van der Waals surface area contributed by atoms with Crippen molar-refractivity contribution in [1.29, 1.82) is 0 Å². The topological polar surface area (TPSA) is 86.8 Å². The van der Waals surface area contributed by atoms with E-state index < -0.39 is 16.1 Å². The molecule has 1 N–H and O–H groups in total. The maximum absolute atomic E-state index is 13.7. The number of benzene rings is 3. The minimum Gasteiger partial charge on any atom is -0.354 e. The molecule has 0 heterocycles. The fraction of sp³-hybridized carbons (Fsp3) is 0.355. The van der Waals surface area contributed by atoms with Crippen LogP contribution in [0.5, 0.6) is 0 Å². The Bertz CT molecular complexity index is 1270. The highest BCUT2D eigenvalue weighted by Crippen LogP contribution is 2.18. The molecule has 1 atom stereocenters. The average Bonchev–Trinajstić information content (AvgIpc) is 2.96. The molecule has 0 bridgehead atoms. The molecule has 0 radical (unpaired) electrons. The van der Waals surface area contributed by atoms with E-state index in [0.29, 0.717) is 19.4 Å². The summed E-state index contributed by atoms with van der Waals surface area (Å²) in [7, 11) is -2.12. The molecule has 0 saturated carbocycles. The Hall–Kier alpha value is -3.49. The second kappa shape index (κ2) is 15.2. The van der Waals surface area contributed by atoms with Crippen molar-refractivity contribution in [3.05, 3.63) is 102 Å². The molecule has 0 fully saturated rings. The zero-order chi connectivity index (χ0) is 28.1. The SMILES string of the molecule is CCCCNC(=O)C(Cc1ccccc1)N(Cc1ccccc1)C(=O)CCCN(C)S(=O)(=O)c1ccccc1. The molecule has 8 heteroatoms. The molecule has 0 aromatic heterocycles. The van der Waals surface area contributed by atoms with Gasteiger partial charge in [0.05, 0.1) is 4.90 Å². The van der Waals surface area contributed by atoms with Crippen LogP contribution in [0.15, 0.2) is 95.9 Å². The number of hydrogen-bond acceptors (Lipinski definition) is 4. The van der Waals surface area contributed by atoms with E-state index in [1.54, 1.807) is 35.2 Å². The molecule has 7 nitrogen and oxygen atoms in total. The molecule has 0 spiro atoms. The Labute approximate surface area is 232 Å². The number of amides is 2. The quantitative estimate of drug-likeness (QED) is 0.280. The van der Waals surface area contributed by atoms with Gasteiger partial charge in [0.25, 0.3) is 0 Å². The van der Waals surface area contributed by atoms with Crippen LogP contribution in [0.3, 0.4) is 0 Å². The van der Waals surface area contributed by atoms with Crippen molar-refractivity contribution in [2.24, 2.45) is 0 Å². The first kappa shape index (κ1) is 30.1. The van der Waals surface area contributed by atoms with Gasteiger partial charge in [0.2, 0.25) is 21.8 Å². The summed E-state index contributed by atoms with van der Waals surface area (Å²) in [6.07, 6.45) is 2.66. The van der Waals surface area contributed by atoms with Gasteiger partial charge in [0, 0.05) is 39.5 Å². The normalized spacial score (nSPS) is 12.2. The number of rotatable bonds is 15. The molecule has 39 heavy (non-hydrogen) atoms. The number of carbonyl (C=O) groups excluding carboxylic acids is 2. The maximum Gasteiger partial charge on any atom is 0.243 e. The minimum absolute atomic E-state index is 0.120. The van der Waals surface area contributed by atoms with Gasteiger partial charge in [-0.3, -0.25) is 9.59 Å². The van der Waals surface area contributed by atoms with Crippen molar-refractivity contribution in [2.75, 3.05) is 20.1 Å². The molecular weight excluding hydrogens is 510 g/mol. The summed E-state index contributed by atoms with van der Waals surface area (Å²) in [4.78, 5) is 29.0. The monoisotopic (exact) mass is 549 g/mol. The molecule has 2 amide bonds. The summed E-state index contributed by atoms with van der Waals surface area (Å²) in [5.41, 5.74) is 1.89. The third-order valence-electron chi connectivity index (χ3n) is 6.61.